The molecule has 5 nitrogen and oxygen atoms in total. The van der Waals surface area contributed by atoms with Gasteiger partial charge in [-0.3, -0.25) is 9.29 Å². The van der Waals surface area contributed by atoms with E-state index >= 15 is 0 Å². The molecule has 6 heteroatoms. The lowest BCUT2D eigenvalue weighted by Gasteiger charge is -2.19. The SMILES string of the molecule is CN(c1cccc(C#N)c1)S(=O)(=O)c1cccnc1. The number of anilines is 1. The van der Waals surface area contributed by atoms with Crippen LogP contribution in [0.5, 0.6) is 0 Å². The maximum Gasteiger partial charge on any atom is 0.265 e. The second-order valence-electron chi connectivity index (χ2n) is 3.82. The van der Waals surface area contributed by atoms with Crippen molar-refractivity contribution in [1.82, 2.24) is 4.98 Å². The molecular formula is C13H11N3O2S. The van der Waals surface area contributed by atoms with E-state index in [4.69, 9.17) is 5.26 Å². The van der Waals surface area contributed by atoms with Crippen molar-refractivity contribution in [3.05, 3.63) is 54.4 Å². The lowest BCUT2D eigenvalue weighted by Crippen LogP contribution is -2.26. The van der Waals surface area contributed by atoms with Crippen LogP contribution in [-0.4, -0.2) is 20.4 Å². The maximum absolute atomic E-state index is 12.3. The van der Waals surface area contributed by atoms with Gasteiger partial charge in [0, 0.05) is 19.4 Å². The number of hydrogen-bond acceptors (Lipinski definition) is 4. The molecule has 1 aromatic carbocycles. The minimum absolute atomic E-state index is 0.111. The van der Waals surface area contributed by atoms with Crippen LogP contribution < -0.4 is 4.31 Å². The highest BCUT2D eigenvalue weighted by atomic mass is 32.2. The second kappa shape index (κ2) is 5.08. The van der Waals surface area contributed by atoms with Crippen molar-refractivity contribution in [2.24, 2.45) is 0 Å². The highest BCUT2D eigenvalue weighted by Crippen LogP contribution is 2.21. The zero-order chi connectivity index (χ0) is 13.9. The summed E-state index contributed by atoms with van der Waals surface area (Å²) in [5.41, 5.74) is 0.841. The fourth-order valence-corrected chi connectivity index (χ4v) is 2.72. The standard InChI is InChI=1S/C13H11N3O2S/c1-16(12-5-2-4-11(8-12)9-14)19(17,18)13-6-3-7-15-10-13/h2-8,10H,1H3. The molecule has 0 saturated heterocycles. The highest BCUT2D eigenvalue weighted by Gasteiger charge is 2.21. The minimum atomic E-state index is -3.66. The van der Waals surface area contributed by atoms with E-state index < -0.39 is 10.0 Å². The summed E-state index contributed by atoms with van der Waals surface area (Å²) in [5.74, 6) is 0. The van der Waals surface area contributed by atoms with Gasteiger partial charge in [0.2, 0.25) is 0 Å². The molecule has 0 atom stereocenters. The average Bonchev–Trinajstić information content (AvgIpc) is 2.47. The quantitative estimate of drug-likeness (QED) is 0.854. The molecule has 96 valence electrons. The van der Waals surface area contributed by atoms with Gasteiger partial charge in [0.15, 0.2) is 0 Å². The van der Waals surface area contributed by atoms with Crippen LogP contribution in [0.15, 0.2) is 53.7 Å². The van der Waals surface area contributed by atoms with Gasteiger partial charge < -0.3 is 0 Å². The molecular weight excluding hydrogens is 262 g/mol. The summed E-state index contributed by atoms with van der Waals surface area (Å²) < 4.78 is 25.8. The Morgan fingerprint density at radius 1 is 1.26 bits per heavy atom. The van der Waals surface area contributed by atoms with Gasteiger partial charge in [-0.2, -0.15) is 5.26 Å². The van der Waals surface area contributed by atoms with Crippen LogP contribution in [0.25, 0.3) is 0 Å². The fraction of sp³-hybridized carbons (Fsp3) is 0.0769. The van der Waals surface area contributed by atoms with Gasteiger partial charge in [-0.05, 0) is 30.3 Å². The molecule has 0 spiro atoms. The molecule has 0 fully saturated rings. The van der Waals surface area contributed by atoms with Gasteiger partial charge in [0.25, 0.3) is 10.0 Å². The normalized spacial score (nSPS) is 10.7. The topological polar surface area (TPSA) is 74.1 Å². The number of hydrogen-bond donors (Lipinski definition) is 0. The lowest BCUT2D eigenvalue weighted by molar-refractivity contribution is 0.594. The van der Waals surface area contributed by atoms with E-state index in [-0.39, 0.29) is 4.90 Å². The van der Waals surface area contributed by atoms with Crippen LogP contribution in [0.3, 0.4) is 0 Å². The molecule has 0 aliphatic heterocycles. The number of nitrogens with zero attached hydrogens (tertiary/aromatic N) is 3. The number of benzene rings is 1. The third-order valence-corrected chi connectivity index (χ3v) is 4.40. The summed E-state index contributed by atoms with van der Waals surface area (Å²) in [6, 6.07) is 11.4. The van der Waals surface area contributed by atoms with E-state index in [9.17, 15) is 8.42 Å². The maximum atomic E-state index is 12.3. The smallest absolute Gasteiger partial charge is 0.265 e. The molecule has 0 aliphatic carbocycles. The molecule has 0 N–H and O–H groups in total. The van der Waals surface area contributed by atoms with Crippen LogP contribution in [0, 0.1) is 11.3 Å². The number of aromatic nitrogens is 1. The number of pyridine rings is 1. The van der Waals surface area contributed by atoms with Crippen LogP contribution in [-0.2, 0) is 10.0 Å². The van der Waals surface area contributed by atoms with Crippen molar-refractivity contribution in [2.45, 2.75) is 4.90 Å². The molecule has 19 heavy (non-hydrogen) atoms. The van der Waals surface area contributed by atoms with Gasteiger partial charge in [0.1, 0.15) is 4.90 Å². The van der Waals surface area contributed by atoms with Gasteiger partial charge in [-0.1, -0.05) is 6.07 Å². The van der Waals surface area contributed by atoms with E-state index in [1.807, 2.05) is 6.07 Å². The van der Waals surface area contributed by atoms with Crippen molar-refractivity contribution in [3.63, 3.8) is 0 Å². The van der Waals surface area contributed by atoms with Crippen LogP contribution >= 0.6 is 0 Å². The summed E-state index contributed by atoms with van der Waals surface area (Å²) in [6.45, 7) is 0. The summed E-state index contributed by atoms with van der Waals surface area (Å²) >= 11 is 0. The van der Waals surface area contributed by atoms with Crippen molar-refractivity contribution in [2.75, 3.05) is 11.4 Å². The van der Waals surface area contributed by atoms with E-state index in [1.165, 1.54) is 31.6 Å². The van der Waals surface area contributed by atoms with Gasteiger partial charge in [-0.15, -0.1) is 0 Å². The number of nitriles is 1. The fourth-order valence-electron chi connectivity index (χ4n) is 1.57. The van der Waals surface area contributed by atoms with Gasteiger partial charge >= 0.3 is 0 Å². The Morgan fingerprint density at radius 3 is 2.68 bits per heavy atom. The largest absolute Gasteiger partial charge is 0.269 e. The molecule has 1 heterocycles. The Kier molecular flexibility index (Phi) is 3.49. The Labute approximate surface area is 111 Å². The monoisotopic (exact) mass is 273 g/mol. The zero-order valence-corrected chi connectivity index (χ0v) is 11.0. The van der Waals surface area contributed by atoms with Crippen LogP contribution in [0.1, 0.15) is 5.56 Å². The van der Waals surface area contributed by atoms with Crippen molar-refractivity contribution in [1.29, 1.82) is 5.26 Å². The molecule has 0 aliphatic rings. The summed E-state index contributed by atoms with van der Waals surface area (Å²) in [6.07, 6.45) is 2.80. The van der Waals surface area contributed by atoms with Gasteiger partial charge in [0.05, 0.1) is 17.3 Å². The van der Waals surface area contributed by atoms with Crippen molar-refractivity contribution >= 4 is 15.7 Å². The third-order valence-electron chi connectivity index (χ3n) is 2.63. The van der Waals surface area contributed by atoms with E-state index in [0.717, 1.165) is 4.31 Å². The first-order valence-electron chi connectivity index (χ1n) is 5.45. The predicted molar refractivity (Wildman–Crippen MR) is 71.0 cm³/mol. The molecule has 1 aromatic heterocycles. The van der Waals surface area contributed by atoms with Crippen molar-refractivity contribution < 1.29 is 8.42 Å². The Morgan fingerprint density at radius 2 is 2.05 bits per heavy atom. The van der Waals surface area contributed by atoms with Gasteiger partial charge in [-0.25, -0.2) is 8.42 Å². The van der Waals surface area contributed by atoms with E-state index in [2.05, 4.69) is 4.98 Å². The summed E-state index contributed by atoms with van der Waals surface area (Å²) in [5, 5.41) is 8.84. The first-order chi connectivity index (χ1) is 9.05. The average molecular weight is 273 g/mol. The van der Waals surface area contributed by atoms with Crippen molar-refractivity contribution in [3.8, 4) is 6.07 Å². The molecule has 2 aromatic rings. The minimum Gasteiger partial charge on any atom is -0.269 e. The Balaban J connectivity index is 2.44. The molecule has 0 amide bonds. The first-order valence-corrected chi connectivity index (χ1v) is 6.89. The van der Waals surface area contributed by atoms with E-state index in [1.54, 1.807) is 24.3 Å². The van der Waals surface area contributed by atoms with Crippen LogP contribution in [0.4, 0.5) is 5.69 Å². The predicted octanol–water partition coefficient (Wildman–Crippen LogP) is 1.78. The number of rotatable bonds is 3. The molecule has 0 bridgehead atoms. The molecule has 2 rings (SSSR count). The summed E-state index contributed by atoms with van der Waals surface area (Å²) in [4.78, 5) is 3.91. The first kappa shape index (κ1) is 13.1. The lowest BCUT2D eigenvalue weighted by atomic mass is 10.2. The Hall–Kier alpha value is -2.39. The molecule has 0 saturated carbocycles. The molecule has 0 radical (unpaired) electrons. The Bertz CT molecular complexity index is 721. The van der Waals surface area contributed by atoms with Crippen LogP contribution in [0.2, 0.25) is 0 Å². The highest BCUT2D eigenvalue weighted by molar-refractivity contribution is 7.92. The van der Waals surface area contributed by atoms with E-state index in [0.29, 0.717) is 11.3 Å². The molecule has 0 unspecified atom stereocenters. The second-order valence-corrected chi connectivity index (χ2v) is 5.79. The zero-order valence-electron chi connectivity index (χ0n) is 10.2. The number of sulfonamides is 1. The summed E-state index contributed by atoms with van der Waals surface area (Å²) in [7, 11) is -2.21. The third kappa shape index (κ3) is 2.56.